The fourth-order valence-electron chi connectivity index (χ4n) is 1.69. The number of rotatable bonds is 3. The topological polar surface area (TPSA) is 63.4 Å². The van der Waals surface area contributed by atoms with E-state index in [0.29, 0.717) is 24.8 Å². The molecule has 1 atom stereocenters. The molecule has 0 radical (unpaired) electrons. The second kappa shape index (κ2) is 4.35. The molecule has 0 bridgehead atoms. The Labute approximate surface area is 91.3 Å². The molecule has 84 valence electrons. The van der Waals surface area contributed by atoms with Crippen LogP contribution in [-0.2, 0) is 10.0 Å². The lowest BCUT2D eigenvalue weighted by atomic mass is 10.3. The first-order chi connectivity index (χ1) is 6.08. The molecule has 1 heterocycles. The highest BCUT2D eigenvalue weighted by Gasteiger charge is 2.34. The molecule has 0 amide bonds. The summed E-state index contributed by atoms with van der Waals surface area (Å²) in [5, 5.41) is 0. The maximum atomic E-state index is 11.7. The molecule has 1 unspecified atom stereocenters. The fraction of sp³-hybridized carbons (Fsp3) is 1.00. The van der Waals surface area contributed by atoms with E-state index in [1.807, 2.05) is 0 Å². The second-order valence-corrected chi connectivity index (χ2v) is 6.14. The highest BCUT2D eigenvalue weighted by molar-refractivity contribution is 7.89. The first kappa shape index (κ1) is 12.2. The third-order valence-electron chi connectivity index (χ3n) is 2.72. The number of halogens is 1. The minimum atomic E-state index is -2.98. The largest absolute Gasteiger partial charge is 0.326 e. The Morgan fingerprint density at radius 2 is 1.93 bits per heavy atom. The zero-order chi connectivity index (χ0) is 9.47. The van der Waals surface area contributed by atoms with Gasteiger partial charge in [0.1, 0.15) is 0 Å². The van der Waals surface area contributed by atoms with Crippen LogP contribution in [-0.4, -0.2) is 37.6 Å². The third kappa shape index (κ3) is 2.82. The lowest BCUT2D eigenvalue weighted by Crippen LogP contribution is -2.34. The summed E-state index contributed by atoms with van der Waals surface area (Å²) in [4.78, 5) is 0. The molecule has 2 rings (SSSR count). The average molecular weight is 241 g/mol. The minimum Gasteiger partial charge on any atom is -0.326 e. The van der Waals surface area contributed by atoms with Gasteiger partial charge in [-0.1, -0.05) is 0 Å². The molecule has 6 heteroatoms. The zero-order valence-corrected chi connectivity index (χ0v) is 9.69. The van der Waals surface area contributed by atoms with Gasteiger partial charge in [-0.2, -0.15) is 0 Å². The van der Waals surface area contributed by atoms with Crippen molar-refractivity contribution < 1.29 is 8.42 Å². The molecular weight excluding hydrogens is 224 g/mol. The number of nitrogens with two attached hydrogens (primary N) is 1. The van der Waals surface area contributed by atoms with E-state index in [9.17, 15) is 8.42 Å². The Morgan fingerprint density at radius 3 is 2.36 bits per heavy atom. The Hall–Kier alpha value is 0.160. The van der Waals surface area contributed by atoms with Crippen molar-refractivity contribution in [2.75, 3.05) is 18.8 Å². The van der Waals surface area contributed by atoms with Gasteiger partial charge in [-0.25, -0.2) is 12.7 Å². The smallest absolute Gasteiger partial charge is 0.214 e. The van der Waals surface area contributed by atoms with Gasteiger partial charge >= 0.3 is 0 Å². The van der Waals surface area contributed by atoms with Crippen LogP contribution in [0, 0.1) is 5.92 Å². The molecule has 4 nitrogen and oxygen atoms in total. The molecule has 1 saturated heterocycles. The molecule has 1 aliphatic carbocycles. The van der Waals surface area contributed by atoms with Gasteiger partial charge in [0.05, 0.1) is 5.75 Å². The molecule has 0 aromatic heterocycles. The van der Waals surface area contributed by atoms with Gasteiger partial charge < -0.3 is 5.73 Å². The summed E-state index contributed by atoms with van der Waals surface area (Å²) in [6.07, 6.45) is 2.97. The number of hydrogen-bond acceptors (Lipinski definition) is 3. The van der Waals surface area contributed by atoms with Crippen LogP contribution in [0.3, 0.4) is 0 Å². The summed E-state index contributed by atoms with van der Waals surface area (Å²) >= 11 is 0. The van der Waals surface area contributed by atoms with Crippen molar-refractivity contribution in [1.82, 2.24) is 4.31 Å². The monoisotopic (exact) mass is 240 g/mol. The Balaban J connectivity index is 0.000000980. The summed E-state index contributed by atoms with van der Waals surface area (Å²) in [7, 11) is -2.98. The standard InChI is InChI=1S/C8H16N2O2S.ClH/c9-8-3-4-10(5-8)13(11,12)6-7-1-2-7;/h7-8H,1-6,9H2;1H. The second-order valence-electron chi connectivity index (χ2n) is 4.13. The van der Waals surface area contributed by atoms with E-state index < -0.39 is 10.0 Å². The Bertz CT molecular complexity index is 290. The molecule has 0 aromatic carbocycles. The first-order valence-corrected chi connectivity index (χ1v) is 6.42. The molecule has 0 spiro atoms. The van der Waals surface area contributed by atoms with Crippen LogP contribution in [0.25, 0.3) is 0 Å². The van der Waals surface area contributed by atoms with Gasteiger partial charge in [-0.3, -0.25) is 0 Å². The van der Waals surface area contributed by atoms with E-state index in [-0.39, 0.29) is 18.4 Å². The van der Waals surface area contributed by atoms with Crippen LogP contribution in [0.15, 0.2) is 0 Å². The maximum Gasteiger partial charge on any atom is 0.214 e. The van der Waals surface area contributed by atoms with Crippen LogP contribution in [0.5, 0.6) is 0 Å². The van der Waals surface area contributed by atoms with Crippen molar-refractivity contribution in [2.24, 2.45) is 11.7 Å². The molecule has 2 fully saturated rings. The molecule has 2 N–H and O–H groups in total. The molecular formula is C8H17ClN2O2S. The average Bonchev–Trinajstić information content (AvgIpc) is 2.70. The predicted octanol–water partition coefficient (Wildman–Crippen LogP) is 0.181. The van der Waals surface area contributed by atoms with Crippen LogP contribution in [0.1, 0.15) is 19.3 Å². The summed E-state index contributed by atoms with van der Waals surface area (Å²) in [6.45, 7) is 1.14. The van der Waals surface area contributed by atoms with Crippen molar-refractivity contribution in [3.8, 4) is 0 Å². The van der Waals surface area contributed by atoms with Gasteiger partial charge in [0.2, 0.25) is 10.0 Å². The van der Waals surface area contributed by atoms with E-state index >= 15 is 0 Å². The van der Waals surface area contributed by atoms with Crippen LogP contribution >= 0.6 is 12.4 Å². The van der Waals surface area contributed by atoms with Gasteiger partial charge in [0, 0.05) is 19.1 Å². The first-order valence-electron chi connectivity index (χ1n) is 4.81. The van der Waals surface area contributed by atoms with E-state index in [2.05, 4.69) is 0 Å². The maximum absolute atomic E-state index is 11.7. The van der Waals surface area contributed by atoms with Crippen molar-refractivity contribution in [2.45, 2.75) is 25.3 Å². The summed E-state index contributed by atoms with van der Waals surface area (Å²) in [5.74, 6) is 0.779. The SMILES string of the molecule is Cl.NC1CCN(S(=O)(=O)CC2CC2)C1. The van der Waals surface area contributed by atoms with Gasteiger partial charge in [0.15, 0.2) is 0 Å². The number of nitrogens with zero attached hydrogens (tertiary/aromatic N) is 1. The van der Waals surface area contributed by atoms with Crippen LogP contribution in [0.4, 0.5) is 0 Å². The minimum absolute atomic E-state index is 0. The van der Waals surface area contributed by atoms with Crippen molar-refractivity contribution >= 4 is 22.4 Å². The molecule has 1 saturated carbocycles. The summed E-state index contributed by atoms with van der Waals surface area (Å²) < 4.78 is 24.9. The van der Waals surface area contributed by atoms with E-state index in [1.54, 1.807) is 4.31 Å². The van der Waals surface area contributed by atoms with Gasteiger partial charge in [0.25, 0.3) is 0 Å². The number of sulfonamides is 1. The summed E-state index contributed by atoms with van der Waals surface area (Å²) in [6, 6.07) is 0.0500. The van der Waals surface area contributed by atoms with Crippen molar-refractivity contribution in [1.29, 1.82) is 0 Å². The van der Waals surface area contributed by atoms with E-state index in [4.69, 9.17) is 5.73 Å². The third-order valence-corrected chi connectivity index (χ3v) is 4.74. The zero-order valence-electron chi connectivity index (χ0n) is 8.05. The predicted molar refractivity (Wildman–Crippen MR) is 57.9 cm³/mol. The normalized spacial score (nSPS) is 28.8. The fourth-order valence-corrected chi connectivity index (χ4v) is 3.64. The van der Waals surface area contributed by atoms with E-state index in [1.165, 1.54) is 0 Å². The highest BCUT2D eigenvalue weighted by atomic mass is 35.5. The van der Waals surface area contributed by atoms with Crippen molar-refractivity contribution in [3.63, 3.8) is 0 Å². The molecule has 2 aliphatic rings. The molecule has 0 aromatic rings. The Morgan fingerprint density at radius 1 is 1.29 bits per heavy atom. The number of hydrogen-bond donors (Lipinski definition) is 1. The van der Waals surface area contributed by atoms with Crippen LogP contribution < -0.4 is 5.73 Å². The van der Waals surface area contributed by atoms with Crippen molar-refractivity contribution in [3.05, 3.63) is 0 Å². The van der Waals surface area contributed by atoms with Gasteiger partial charge in [-0.15, -0.1) is 12.4 Å². The quantitative estimate of drug-likeness (QED) is 0.766. The highest BCUT2D eigenvalue weighted by Crippen LogP contribution is 2.31. The lowest BCUT2D eigenvalue weighted by molar-refractivity contribution is 0.470. The Kier molecular flexibility index (Phi) is 3.80. The van der Waals surface area contributed by atoms with E-state index in [0.717, 1.165) is 19.3 Å². The lowest BCUT2D eigenvalue weighted by Gasteiger charge is -2.15. The molecule has 1 aliphatic heterocycles. The van der Waals surface area contributed by atoms with Gasteiger partial charge in [-0.05, 0) is 25.2 Å². The summed E-state index contributed by atoms with van der Waals surface area (Å²) in [5.41, 5.74) is 5.66. The van der Waals surface area contributed by atoms with Crippen LogP contribution in [0.2, 0.25) is 0 Å². The molecule has 14 heavy (non-hydrogen) atoms.